The molecule has 0 aliphatic carbocycles. The third-order valence-electron chi connectivity index (χ3n) is 12.0. The summed E-state index contributed by atoms with van der Waals surface area (Å²) in [4.78, 5) is 15.5. The van der Waals surface area contributed by atoms with Gasteiger partial charge in [0.15, 0.2) is 11.6 Å². The molecule has 7 nitrogen and oxygen atoms in total. The van der Waals surface area contributed by atoms with Gasteiger partial charge in [0, 0.05) is 38.4 Å². The maximum atomic E-state index is 14.1. The van der Waals surface area contributed by atoms with E-state index in [0.29, 0.717) is 17.6 Å². The summed E-state index contributed by atoms with van der Waals surface area (Å²) in [7, 11) is -3.81. The van der Waals surface area contributed by atoms with Gasteiger partial charge in [-0.25, -0.2) is 13.4 Å². The fourth-order valence-corrected chi connectivity index (χ4v) is 10.2. The predicted octanol–water partition coefficient (Wildman–Crippen LogP) is 13.1. The Hall–Kier alpha value is -8.20. The Balaban J connectivity index is 0.895. The van der Waals surface area contributed by atoms with E-state index in [1.165, 1.54) is 5.39 Å². The molecule has 0 N–H and O–H groups in total. The first kappa shape index (κ1) is 36.6. The summed E-state index contributed by atoms with van der Waals surface area (Å²) in [6.45, 7) is 0. The second-order valence-electron chi connectivity index (χ2n) is 15.7. The highest BCUT2D eigenvalue weighted by Crippen LogP contribution is 2.37. The van der Waals surface area contributed by atoms with E-state index in [9.17, 15) is 8.42 Å². The highest BCUT2D eigenvalue weighted by atomic mass is 32.2. The van der Waals surface area contributed by atoms with Gasteiger partial charge in [-0.05, 0) is 94.7 Å². The highest BCUT2D eigenvalue weighted by Gasteiger charge is 2.21. The molecule has 8 heteroatoms. The first-order chi connectivity index (χ1) is 31.0. The molecule has 63 heavy (non-hydrogen) atoms. The van der Waals surface area contributed by atoms with Gasteiger partial charge in [-0.15, -0.1) is 0 Å². The summed E-state index contributed by atoms with van der Waals surface area (Å²) in [6.07, 6.45) is 0. The number of aromatic nitrogens is 5. The molecule has 9 aromatic carbocycles. The molecular formula is C55H35N5O2S. The van der Waals surface area contributed by atoms with Gasteiger partial charge in [0.05, 0.1) is 31.9 Å². The van der Waals surface area contributed by atoms with Crippen LogP contribution in [0, 0.1) is 0 Å². The topological polar surface area (TPSA) is 82.7 Å². The maximum Gasteiger partial charge on any atom is 0.238 e. The smallest absolute Gasteiger partial charge is 0.238 e. The maximum absolute atomic E-state index is 14.1. The molecule has 0 saturated carbocycles. The molecule has 0 aliphatic heterocycles. The molecule has 0 aliphatic rings. The molecule has 3 heterocycles. The number of rotatable bonds is 7. The SMILES string of the molecule is O=S(=O)(c1ccc(-c2ccc3c(c2)c2ccccc2n3-c2nc(-c3ccccc3)nc(-c3ccccc3)n2)cc1)c1ccc(-n2c3ccccc3c3cc4ccccc4cc32)cc1. The van der Waals surface area contributed by atoms with Crippen molar-refractivity contribution in [1.29, 1.82) is 0 Å². The van der Waals surface area contributed by atoms with Crippen molar-refractivity contribution in [3.63, 3.8) is 0 Å². The van der Waals surface area contributed by atoms with Crippen molar-refractivity contribution < 1.29 is 8.42 Å². The summed E-state index contributed by atoms with van der Waals surface area (Å²) >= 11 is 0. The van der Waals surface area contributed by atoms with Crippen molar-refractivity contribution in [3.8, 4) is 45.5 Å². The lowest BCUT2D eigenvalue weighted by atomic mass is 10.0. The van der Waals surface area contributed by atoms with Crippen LogP contribution >= 0.6 is 0 Å². The van der Waals surface area contributed by atoms with Crippen LogP contribution in [-0.2, 0) is 9.84 Å². The third-order valence-corrected chi connectivity index (χ3v) is 13.8. The number of nitrogens with zero attached hydrogens (tertiary/aromatic N) is 5. The van der Waals surface area contributed by atoms with Crippen molar-refractivity contribution in [2.75, 3.05) is 0 Å². The normalized spacial score (nSPS) is 11.9. The zero-order valence-electron chi connectivity index (χ0n) is 33.7. The quantitative estimate of drug-likeness (QED) is 0.160. The van der Waals surface area contributed by atoms with E-state index < -0.39 is 9.84 Å². The lowest BCUT2D eigenvalue weighted by Gasteiger charge is -2.11. The summed E-state index contributed by atoms with van der Waals surface area (Å²) in [5.41, 5.74) is 8.61. The zero-order chi connectivity index (χ0) is 42.1. The zero-order valence-corrected chi connectivity index (χ0v) is 34.5. The molecule has 12 rings (SSSR count). The molecule has 0 saturated heterocycles. The second-order valence-corrected chi connectivity index (χ2v) is 17.6. The van der Waals surface area contributed by atoms with Gasteiger partial charge in [-0.3, -0.25) is 4.57 Å². The van der Waals surface area contributed by atoms with Gasteiger partial charge >= 0.3 is 0 Å². The molecule has 0 spiro atoms. The van der Waals surface area contributed by atoms with Gasteiger partial charge in [-0.2, -0.15) is 9.97 Å². The average Bonchev–Trinajstić information content (AvgIpc) is 3.85. The molecule has 0 fully saturated rings. The lowest BCUT2D eigenvalue weighted by Crippen LogP contribution is -2.06. The van der Waals surface area contributed by atoms with Crippen LogP contribution in [-0.4, -0.2) is 32.5 Å². The highest BCUT2D eigenvalue weighted by molar-refractivity contribution is 7.91. The fraction of sp³-hybridized carbons (Fsp3) is 0. The van der Waals surface area contributed by atoms with Gasteiger partial charge in [0.25, 0.3) is 0 Å². The molecular weight excluding hydrogens is 795 g/mol. The van der Waals surface area contributed by atoms with Crippen LogP contribution in [0.25, 0.3) is 99.9 Å². The minimum absolute atomic E-state index is 0.235. The summed E-state index contributed by atoms with van der Waals surface area (Å²) in [5, 5.41) is 6.72. The molecule has 0 unspecified atom stereocenters. The Labute approximate surface area is 362 Å². The Kier molecular flexibility index (Phi) is 8.42. The third kappa shape index (κ3) is 6.10. The first-order valence-corrected chi connectivity index (χ1v) is 22.2. The van der Waals surface area contributed by atoms with Crippen molar-refractivity contribution in [2.45, 2.75) is 9.79 Å². The molecule has 12 aromatic rings. The monoisotopic (exact) mass is 829 g/mol. The summed E-state index contributed by atoms with van der Waals surface area (Å²) < 4.78 is 32.5. The van der Waals surface area contributed by atoms with Crippen LogP contribution in [0.1, 0.15) is 0 Å². The van der Waals surface area contributed by atoms with E-state index in [1.807, 2.05) is 109 Å². The van der Waals surface area contributed by atoms with Crippen LogP contribution in [0.5, 0.6) is 0 Å². The Morgan fingerprint density at radius 2 is 0.810 bits per heavy atom. The largest absolute Gasteiger partial charge is 0.309 e. The molecule has 0 amide bonds. The number of para-hydroxylation sites is 2. The van der Waals surface area contributed by atoms with Crippen LogP contribution in [0.4, 0.5) is 0 Å². The van der Waals surface area contributed by atoms with Crippen molar-refractivity contribution >= 4 is 64.2 Å². The average molecular weight is 830 g/mol. The standard InChI is InChI=1S/C55H35N5O2S/c61-63(62,44-30-26-42(27-31-44)59-49-21-11-9-20-46(49)48-33-39-17-7-8-18-40(39)35-52(48)59)43-28-23-36(24-29-43)41-25-32-51-47(34-41)45-19-10-12-22-50(45)60(51)55-57-53(37-13-3-1-4-14-37)56-54(58-55)38-15-5-2-6-16-38/h1-35H. The van der Waals surface area contributed by atoms with E-state index in [4.69, 9.17) is 15.0 Å². The summed E-state index contributed by atoms with van der Waals surface area (Å²) in [6, 6.07) is 70.0. The Morgan fingerprint density at radius 3 is 1.43 bits per heavy atom. The van der Waals surface area contributed by atoms with E-state index in [2.05, 4.69) is 88.0 Å². The van der Waals surface area contributed by atoms with Gasteiger partial charge in [-0.1, -0.05) is 140 Å². The van der Waals surface area contributed by atoms with E-state index in [1.54, 1.807) is 24.3 Å². The van der Waals surface area contributed by atoms with Crippen LogP contribution in [0.3, 0.4) is 0 Å². The van der Waals surface area contributed by atoms with Crippen molar-refractivity contribution in [3.05, 3.63) is 212 Å². The van der Waals surface area contributed by atoms with Crippen LogP contribution < -0.4 is 0 Å². The molecule has 0 radical (unpaired) electrons. The number of benzene rings is 9. The minimum Gasteiger partial charge on any atom is -0.309 e. The number of fused-ring (bicyclic) bond motifs is 7. The van der Waals surface area contributed by atoms with E-state index in [-0.39, 0.29) is 9.79 Å². The second kappa shape index (κ2) is 14.5. The fourth-order valence-electron chi connectivity index (χ4n) is 8.94. The molecule has 0 bridgehead atoms. The number of hydrogen-bond donors (Lipinski definition) is 0. The predicted molar refractivity (Wildman–Crippen MR) is 254 cm³/mol. The van der Waals surface area contributed by atoms with E-state index >= 15 is 0 Å². The van der Waals surface area contributed by atoms with Gasteiger partial charge in [0.1, 0.15) is 0 Å². The Bertz CT molecular complexity index is 3790. The van der Waals surface area contributed by atoms with Crippen molar-refractivity contribution in [1.82, 2.24) is 24.1 Å². The Morgan fingerprint density at radius 1 is 0.333 bits per heavy atom. The van der Waals surface area contributed by atoms with Crippen LogP contribution in [0.15, 0.2) is 222 Å². The van der Waals surface area contributed by atoms with Gasteiger partial charge < -0.3 is 4.57 Å². The first-order valence-electron chi connectivity index (χ1n) is 20.8. The summed E-state index contributed by atoms with van der Waals surface area (Å²) in [5.74, 6) is 1.70. The molecule has 3 aromatic heterocycles. The number of hydrogen-bond acceptors (Lipinski definition) is 5. The molecule has 298 valence electrons. The minimum atomic E-state index is -3.81. The van der Waals surface area contributed by atoms with Gasteiger partial charge in [0.2, 0.25) is 15.8 Å². The lowest BCUT2D eigenvalue weighted by molar-refractivity contribution is 0.596. The van der Waals surface area contributed by atoms with Crippen molar-refractivity contribution in [2.24, 2.45) is 0 Å². The van der Waals surface area contributed by atoms with Crippen LogP contribution in [0.2, 0.25) is 0 Å². The number of sulfone groups is 1. The molecule has 0 atom stereocenters. The van der Waals surface area contributed by atoms with E-state index in [0.717, 1.165) is 76.9 Å².